The van der Waals surface area contributed by atoms with Crippen LogP contribution in [0.15, 0.2) is 41.0 Å². The second-order valence-electron chi connectivity index (χ2n) is 5.78. The summed E-state index contributed by atoms with van der Waals surface area (Å²) in [6.07, 6.45) is 1.71. The Kier molecular flexibility index (Phi) is 5.57. The molecule has 2 aromatic rings. The van der Waals surface area contributed by atoms with E-state index >= 15 is 0 Å². The van der Waals surface area contributed by atoms with Crippen molar-refractivity contribution < 1.29 is 9.32 Å². The van der Waals surface area contributed by atoms with Crippen LogP contribution in [0.2, 0.25) is 0 Å². The molecule has 0 saturated heterocycles. The predicted molar refractivity (Wildman–Crippen MR) is 94.4 cm³/mol. The van der Waals surface area contributed by atoms with Crippen LogP contribution in [0.25, 0.3) is 0 Å². The number of hydrogen-bond donors (Lipinski definition) is 3. The van der Waals surface area contributed by atoms with Gasteiger partial charge in [-0.25, -0.2) is 0 Å². The molecule has 5 heteroatoms. The van der Waals surface area contributed by atoms with Crippen molar-refractivity contribution in [2.75, 3.05) is 26.0 Å². The average molecular weight is 318 g/mol. The third kappa shape index (κ3) is 4.32. The molecule has 0 saturated carbocycles. The summed E-state index contributed by atoms with van der Waals surface area (Å²) in [4.78, 5) is 1.29. The zero-order valence-corrected chi connectivity index (χ0v) is 14.4. The van der Waals surface area contributed by atoms with E-state index in [4.69, 9.17) is 16.6 Å². The average Bonchev–Trinajstić information content (AvgIpc) is 2.97. The van der Waals surface area contributed by atoms with Gasteiger partial charge < -0.3 is 20.0 Å². The lowest BCUT2D eigenvalue weighted by atomic mass is 10.1. The molecule has 0 aliphatic carbocycles. The normalized spacial score (nSPS) is 12.2. The van der Waals surface area contributed by atoms with Crippen LogP contribution in [0.5, 0.6) is 0 Å². The Balaban J connectivity index is 1.92. The summed E-state index contributed by atoms with van der Waals surface area (Å²) < 4.78 is 5.51. The molecule has 2 rings (SSSR count). The summed E-state index contributed by atoms with van der Waals surface area (Å²) in [6, 6.07) is 10.4. The topological polar surface area (TPSA) is 41.6 Å². The number of hydrogen-bond acceptors (Lipinski definition) is 2. The van der Waals surface area contributed by atoms with Crippen molar-refractivity contribution in [3.63, 3.8) is 0 Å². The van der Waals surface area contributed by atoms with Gasteiger partial charge in [0.1, 0.15) is 0 Å². The number of likely N-dealkylation sites (N-methyl/N-ethyl adjacent to an activating group) is 1. The number of aryl methyl sites for hydroxylation is 2. The van der Waals surface area contributed by atoms with Crippen LogP contribution in [-0.2, 0) is 0 Å². The quantitative estimate of drug-likeness (QED) is 0.738. The third-order valence-electron chi connectivity index (χ3n) is 3.82. The summed E-state index contributed by atoms with van der Waals surface area (Å²) in [5.41, 5.74) is 3.53. The molecule has 0 radical (unpaired) electrons. The first kappa shape index (κ1) is 16.5. The lowest BCUT2D eigenvalue weighted by Gasteiger charge is -2.21. The smallest absolute Gasteiger partial charge is 0.171 e. The summed E-state index contributed by atoms with van der Waals surface area (Å²) in [5.74, 6) is 0.960. The van der Waals surface area contributed by atoms with Crippen molar-refractivity contribution in [3.8, 4) is 0 Å². The highest BCUT2D eigenvalue weighted by molar-refractivity contribution is 7.80. The molecule has 118 valence electrons. The maximum atomic E-state index is 5.51. The predicted octanol–water partition coefficient (Wildman–Crippen LogP) is 2.07. The van der Waals surface area contributed by atoms with Crippen molar-refractivity contribution >= 4 is 23.0 Å². The third-order valence-corrected chi connectivity index (χ3v) is 4.06. The van der Waals surface area contributed by atoms with Gasteiger partial charge in [0, 0.05) is 5.69 Å². The number of nitrogens with one attached hydrogen (secondary N) is 3. The van der Waals surface area contributed by atoms with Crippen molar-refractivity contribution in [1.82, 2.24) is 5.32 Å². The molecule has 3 N–H and O–H groups in total. The zero-order chi connectivity index (χ0) is 16.1. The van der Waals surface area contributed by atoms with Gasteiger partial charge in [0.05, 0.1) is 26.9 Å². The minimum atomic E-state index is 0.217. The van der Waals surface area contributed by atoms with E-state index in [-0.39, 0.29) is 6.04 Å². The molecule has 0 amide bonds. The van der Waals surface area contributed by atoms with Crippen LogP contribution in [0, 0.1) is 13.8 Å². The fourth-order valence-electron chi connectivity index (χ4n) is 2.27. The fraction of sp³-hybridized carbons (Fsp3) is 0.353. The minimum absolute atomic E-state index is 0.217. The fourth-order valence-corrected chi connectivity index (χ4v) is 2.47. The molecule has 0 aliphatic rings. The molecule has 1 aromatic heterocycles. The van der Waals surface area contributed by atoms with E-state index < -0.39 is 0 Å². The largest absolute Gasteiger partial charge is 0.463 e. The summed E-state index contributed by atoms with van der Waals surface area (Å²) in [7, 11) is 4.21. The van der Waals surface area contributed by atoms with Gasteiger partial charge in [-0.3, -0.25) is 0 Å². The molecule has 1 atom stereocenters. The Labute approximate surface area is 137 Å². The molecule has 0 bridgehead atoms. The van der Waals surface area contributed by atoms with Crippen LogP contribution < -0.4 is 15.5 Å². The van der Waals surface area contributed by atoms with E-state index in [1.54, 1.807) is 6.26 Å². The van der Waals surface area contributed by atoms with Crippen LogP contribution in [-0.4, -0.2) is 25.8 Å². The van der Waals surface area contributed by atoms with E-state index in [9.17, 15) is 0 Å². The Morgan fingerprint density at radius 1 is 1.23 bits per heavy atom. The van der Waals surface area contributed by atoms with E-state index in [1.807, 2.05) is 18.2 Å². The van der Waals surface area contributed by atoms with Gasteiger partial charge in [-0.2, -0.15) is 0 Å². The number of quaternary nitrogens is 1. The number of thiocarbonyl (C=S) groups is 1. The van der Waals surface area contributed by atoms with Crippen molar-refractivity contribution in [1.29, 1.82) is 0 Å². The standard InChI is InChI=1S/C17H23N3OS/c1-12-7-8-14(10-13(12)2)19-17(22)18-11-15(20(3)4)16-6-5-9-21-16/h5-10,15H,11H2,1-4H3,(H2,18,19,22)/p+1/t15-/m0/s1. The van der Waals surface area contributed by atoms with E-state index in [1.165, 1.54) is 16.0 Å². The number of benzene rings is 1. The van der Waals surface area contributed by atoms with Crippen LogP contribution in [0.1, 0.15) is 22.9 Å². The molecule has 4 nitrogen and oxygen atoms in total. The summed E-state index contributed by atoms with van der Waals surface area (Å²) >= 11 is 5.38. The first-order valence-corrected chi connectivity index (χ1v) is 7.83. The highest BCUT2D eigenvalue weighted by Crippen LogP contribution is 2.14. The monoisotopic (exact) mass is 318 g/mol. The lowest BCUT2D eigenvalue weighted by Crippen LogP contribution is -3.07. The van der Waals surface area contributed by atoms with Gasteiger partial charge in [-0.05, 0) is 61.5 Å². The molecule has 0 fully saturated rings. The summed E-state index contributed by atoms with van der Waals surface area (Å²) in [5, 5.41) is 7.13. The van der Waals surface area contributed by atoms with Gasteiger partial charge in [0.2, 0.25) is 0 Å². The first-order chi connectivity index (χ1) is 10.5. The SMILES string of the molecule is Cc1ccc(NC(=S)NC[C@@H](c2ccco2)[NH+](C)C)cc1C. The van der Waals surface area contributed by atoms with Crippen LogP contribution in [0.3, 0.4) is 0 Å². The molecular formula is C17H24N3OS+. The lowest BCUT2D eigenvalue weighted by molar-refractivity contribution is -0.891. The molecule has 0 aliphatic heterocycles. The van der Waals surface area contributed by atoms with E-state index in [0.717, 1.165) is 11.4 Å². The number of rotatable bonds is 5. The van der Waals surface area contributed by atoms with E-state index in [2.05, 4.69) is 50.7 Å². The molecule has 1 heterocycles. The van der Waals surface area contributed by atoms with Gasteiger partial charge >= 0.3 is 0 Å². The van der Waals surface area contributed by atoms with E-state index in [0.29, 0.717) is 11.7 Å². The molecule has 0 spiro atoms. The van der Waals surface area contributed by atoms with Crippen LogP contribution >= 0.6 is 12.2 Å². The van der Waals surface area contributed by atoms with Crippen molar-refractivity contribution in [2.45, 2.75) is 19.9 Å². The van der Waals surface area contributed by atoms with Crippen molar-refractivity contribution in [3.05, 3.63) is 53.5 Å². The highest BCUT2D eigenvalue weighted by Gasteiger charge is 2.20. The molecule has 1 aromatic carbocycles. The van der Waals surface area contributed by atoms with Gasteiger partial charge in [-0.1, -0.05) is 6.07 Å². The molecule has 0 unspecified atom stereocenters. The summed E-state index contributed by atoms with van der Waals surface area (Å²) in [6.45, 7) is 4.91. The zero-order valence-electron chi connectivity index (χ0n) is 13.6. The first-order valence-electron chi connectivity index (χ1n) is 7.43. The van der Waals surface area contributed by atoms with Gasteiger partial charge in [0.25, 0.3) is 0 Å². The number of furan rings is 1. The minimum Gasteiger partial charge on any atom is -0.463 e. The molecular weight excluding hydrogens is 294 g/mol. The maximum absolute atomic E-state index is 5.51. The van der Waals surface area contributed by atoms with Gasteiger partial charge in [0.15, 0.2) is 16.9 Å². The van der Waals surface area contributed by atoms with Gasteiger partial charge in [-0.15, -0.1) is 0 Å². The second kappa shape index (κ2) is 7.42. The number of anilines is 1. The maximum Gasteiger partial charge on any atom is 0.171 e. The Hall–Kier alpha value is -1.85. The highest BCUT2D eigenvalue weighted by atomic mass is 32.1. The Morgan fingerprint density at radius 2 is 2.00 bits per heavy atom. The Bertz CT molecular complexity index is 623. The van der Waals surface area contributed by atoms with Crippen LogP contribution in [0.4, 0.5) is 5.69 Å². The molecule has 22 heavy (non-hydrogen) atoms. The Morgan fingerprint density at radius 3 is 2.59 bits per heavy atom. The second-order valence-corrected chi connectivity index (χ2v) is 6.19. The van der Waals surface area contributed by atoms with Crippen molar-refractivity contribution in [2.24, 2.45) is 0 Å².